The van der Waals surface area contributed by atoms with Crippen LogP contribution in [0.25, 0.3) is 0 Å². The molecule has 1 spiro atoms. The van der Waals surface area contributed by atoms with Gasteiger partial charge in [0.2, 0.25) is 9.37 Å². The maximum absolute atomic E-state index is 12.7. The van der Waals surface area contributed by atoms with Gasteiger partial charge >= 0.3 is 11.9 Å². The van der Waals surface area contributed by atoms with E-state index in [0.717, 1.165) is 29.8 Å². The van der Waals surface area contributed by atoms with Gasteiger partial charge in [0.1, 0.15) is 4.91 Å². The molecule has 156 valence electrons. The predicted molar refractivity (Wildman–Crippen MR) is 117 cm³/mol. The smallest absolute Gasteiger partial charge is 0.365 e. The minimum absolute atomic E-state index is 0.244. The monoisotopic (exact) mass is 435 g/mol. The highest BCUT2D eigenvalue weighted by atomic mass is 32.2. The number of carbonyl (C=O) groups excluding carboxylic acids is 2. The van der Waals surface area contributed by atoms with Gasteiger partial charge in [0, 0.05) is 12.7 Å². The van der Waals surface area contributed by atoms with Crippen LogP contribution in [0.3, 0.4) is 0 Å². The summed E-state index contributed by atoms with van der Waals surface area (Å²) in [6.07, 6.45) is 1.59. The minimum atomic E-state index is -0.842. The number of methoxy groups -OCH3 is 1. The minimum Gasteiger partial charge on any atom is -0.464 e. The highest BCUT2D eigenvalue weighted by Crippen LogP contribution is 2.59. The van der Waals surface area contributed by atoms with Crippen molar-refractivity contribution in [2.45, 2.75) is 37.9 Å². The van der Waals surface area contributed by atoms with Crippen LogP contribution in [0.2, 0.25) is 0 Å². The summed E-state index contributed by atoms with van der Waals surface area (Å²) in [5.74, 6) is -0.847. The number of hydrazone groups is 1. The molecule has 1 aromatic rings. The largest absolute Gasteiger partial charge is 0.464 e. The highest BCUT2D eigenvalue weighted by Gasteiger charge is 2.57. The van der Waals surface area contributed by atoms with Crippen LogP contribution in [0.5, 0.6) is 0 Å². The summed E-state index contributed by atoms with van der Waals surface area (Å²) in [5, 5.41) is 6.61. The zero-order valence-electron chi connectivity index (χ0n) is 17.2. The number of hydrogen-bond donors (Lipinski definition) is 0. The number of esters is 2. The van der Waals surface area contributed by atoms with E-state index in [1.807, 2.05) is 43.1 Å². The van der Waals surface area contributed by atoms with E-state index in [-0.39, 0.29) is 11.0 Å². The fraction of sp³-hybridized carbons (Fsp3) is 0.450. The maximum atomic E-state index is 12.7. The van der Waals surface area contributed by atoms with Gasteiger partial charge in [-0.1, -0.05) is 42.8 Å². The third-order valence-corrected chi connectivity index (χ3v) is 7.57. The Hall–Kier alpha value is -2.13. The van der Waals surface area contributed by atoms with Crippen LogP contribution >= 0.6 is 23.5 Å². The zero-order valence-corrected chi connectivity index (χ0v) is 18.9. The molecular weight excluding hydrogens is 410 g/mol. The molecule has 0 saturated heterocycles. The first-order valence-electron chi connectivity index (χ1n) is 9.43. The van der Waals surface area contributed by atoms with Gasteiger partial charge in [-0.3, -0.25) is 0 Å². The number of nitrogens with zero attached hydrogens (tertiary/aromatic N) is 3. The van der Waals surface area contributed by atoms with E-state index in [0.29, 0.717) is 11.5 Å². The van der Waals surface area contributed by atoms with Crippen molar-refractivity contribution in [2.75, 3.05) is 25.8 Å². The first-order chi connectivity index (χ1) is 13.9. The highest BCUT2D eigenvalue weighted by molar-refractivity contribution is 8.28. The molecule has 0 unspecified atom stereocenters. The molecule has 0 fully saturated rings. The van der Waals surface area contributed by atoms with E-state index in [2.05, 4.69) is 12.0 Å². The molecule has 0 saturated carbocycles. The number of thioether (sulfide) groups is 2. The van der Waals surface area contributed by atoms with Gasteiger partial charge < -0.3 is 14.4 Å². The maximum Gasteiger partial charge on any atom is 0.365 e. The van der Waals surface area contributed by atoms with Crippen LogP contribution in [-0.2, 0) is 19.1 Å². The molecule has 2 aliphatic heterocycles. The Balaban J connectivity index is 2.07. The summed E-state index contributed by atoms with van der Waals surface area (Å²) in [4.78, 5) is 27.6. The molecule has 0 amide bonds. The molecule has 29 heavy (non-hydrogen) atoms. The number of allylic oxidation sites excluding steroid dienone is 1. The van der Waals surface area contributed by atoms with Crippen molar-refractivity contribution >= 4 is 46.2 Å². The van der Waals surface area contributed by atoms with Gasteiger partial charge in [-0.2, -0.15) is 5.10 Å². The molecule has 2 aliphatic rings. The molecule has 2 heterocycles. The van der Waals surface area contributed by atoms with Crippen molar-refractivity contribution < 1.29 is 19.1 Å². The van der Waals surface area contributed by atoms with E-state index in [1.54, 1.807) is 11.9 Å². The second kappa shape index (κ2) is 8.71. The summed E-state index contributed by atoms with van der Waals surface area (Å²) in [6.45, 7) is 6.17. The van der Waals surface area contributed by atoms with Crippen molar-refractivity contribution in [3.8, 4) is 0 Å². The Morgan fingerprint density at radius 2 is 1.83 bits per heavy atom. The summed E-state index contributed by atoms with van der Waals surface area (Å²) in [6, 6.07) is 7.90. The molecule has 1 aromatic carbocycles. The number of hydrogen-bond acceptors (Lipinski definition) is 9. The van der Waals surface area contributed by atoms with Gasteiger partial charge in [-0.25, -0.2) is 14.6 Å². The van der Waals surface area contributed by atoms with E-state index < -0.39 is 10.3 Å². The third-order valence-electron chi connectivity index (χ3n) is 4.60. The van der Waals surface area contributed by atoms with Gasteiger partial charge in [0.05, 0.1) is 19.4 Å². The molecule has 0 bridgehead atoms. The lowest BCUT2D eigenvalue weighted by molar-refractivity contribution is -0.137. The second-order valence-electron chi connectivity index (χ2n) is 6.60. The lowest BCUT2D eigenvalue weighted by Gasteiger charge is -2.39. The molecular formula is C20H25N3O4S2. The lowest BCUT2D eigenvalue weighted by Crippen LogP contribution is -2.47. The Bertz CT molecular complexity index is 869. The van der Waals surface area contributed by atoms with Crippen molar-refractivity contribution in [3.63, 3.8) is 0 Å². The van der Waals surface area contributed by atoms with Crippen LogP contribution in [0.4, 0.5) is 5.69 Å². The van der Waals surface area contributed by atoms with Gasteiger partial charge in [-0.15, -0.1) is 0 Å². The quantitative estimate of drug-likeness (QED) is 0.623. The average Bonchev–Trinajstić information content (AvgIpc) is 3.23. The number of benzene rings is 1. The van der Waals surface area contributed by atoms with E-state index in [4.69, 9.17) is 9.47 Å². The van der Waals surface area contributed by atoms with Crippen molar-refractivity contribution in [1.29, 1.82) is 0 Å². The Kier molecular flexibility index (Phi) is 6.48. The molecule has 0 aliphatic carbocycles. The van der Waals surface area contributed by atoms with Crippen molar-refractivity contribution in [2.24, 2.45) is 5.10 Å². The first kappa shape index (κ1) is 21.6. The summed E-state index contributed by atoms with van der Waals surface area (Å²) >= 11 is 2.64. The predicted octanol–water partition coefficient (Wildman–Crippen LogP) is 3.90. The zero-order chi connectivity index (χ0) is 21.2. The molecule has 0 aromatic heterocycles. The molecule has 9 heteroatoms. The standard InChI is InChI=1S/C20H25N3O4S2/c1-6-8-15-16(18(24)27-7-2)28-20(22(15)4)23(14-11-9-13(3)10-12-14)21-17(29-20)19(25)26-5/h9-12H,6-8H2,1-5H3/t20-/m0/s1. The summed E-state index contributed by atoms with van der Waals surface area (Å²) < 4.78 is 9.37. The Labute approximate surface area is 179 Å². The number of rotatable bonds is 6. The van der Waals surface area contributed by atoms with Crippen LogP contribution in [0.1, 0.15) is 32.3 Å². The fourth-order valence-electron chi connectivity index (χ4n) is 3.15. The Morgan fingerprint density at radius 1 is 1.14 bits per heavy atom. The normalized spacial score (nSPS) is 21.1. The molecule has 0 radical (unpaired) electrons. The lowest BCUT2D eigenvalue weighted by atomic mass is 10.2. The SMILES string of the molecule is CCCC1=C(C(=O)OCC)S[C@]2(SC(C(=O)OC)=NN2c2ccc(C)cc2)N1C. The third kappa shape index (κ3) is 3.85. The van der Waals surface area contributed by atoms with Crippen LogP contribution in [0.15, 0.2) is 40.0 Å². The van der Waals surface area contributed by atoms with Crippen LogP contribution < -0.4 is 5.01 Å². The average molecular weight is 436 g/mol. The van der Waals surface area contributed by atoms with E-state index in [9.17, 15) is 9.59 Å². The summed E-state index contributed by atoms with van der Waals surface area (Å²) in [7, 11) is 3.26. The summed E-state index contributed by atoms with van der Waals surface area (Å²) in [5.41, 5.74) is 2.83. The molecule has 1 atom stereocenters. The van der Waals surface area contributed by atoms with Crippen molar-refractivity contribution in [3.05, 3.63) is 40.4 Å². The number of aryl methyl sites for hydroxylation is 1. The van der Waals surface area contributed by atoms with E-state index in [1.165, 1.54) is 30.6 Å². The van der Waals surface area contributed by atoms with Crippen LogP contribution in [-0.4, -0.2) is 47.0 Å². The van der Waals surface area contributed by atoms with Gasteiger partial charge in [0.15, 0.2) is 0 Å². The molecule has 3 rings (SSSR count). The van der Waals surface area contributed by atoms with Crippen LogP contribution in [0, 0.1) is 6.92 Å². The topological polar surface area (TPSA) is 71.4 Å². The second-order valence-corrected chi connectivity index (χ2v) is 9.20. The van der Waals surface area contributed by atoms with Gasteiger partial charge in [0.25, 0.3) is 0 Å². The first-order valence-corrected chi connectivity index (χ1v) is 11.1. The number of anilines is 1. The number of ether oxygens (including phenoxy) is 2. The van der Waals surface area contributed by atoms with Gasteiger partial charge in [-0.05, 0) is 44.2 Å². The molecule has 0 N–H and O–H groups in total. The molecule has 7 nitrogen and oxygen atoms in total. The van der Waals surface area contributed by atoms with E-state index >= 15 is 0 Å². The fourth-order valence-corrected chi connectivity index (χ4v) is 6.07. The number of carbonyl (C=O) groups is 2. The Morgan fingerprint density at radius 3 is 2.41 bits per heavy atom. The van der Waals surface area contributed by atoms with Crippen molar-refractivity contribution in [1.82, 2.24) is 4.90 Å².